The van der Waals surface area contributed by atoms with Crippen LogP contribution in [-0.4, -0.2) is 66.5 Å². The zero-order valence-corrected chi connectivity index (χ0v) is 19.1. The van der Waals surface area contributed by atoms with Crippen LogP contribution >= 0.6 is 71.1 Å². The molecule has 0 radical (unpaired) electrons. The van der Waals surface area contributed by atoms with Gasteiger partial charge in [0, 0.05) is 45.3 Å². The van der Waals surface area contributed by atoms with Gasteiger partial charge in [-0.05, 0) is 18.8 Å². The van der Waals surface area contributed by atoms with Gasteiger partial charge in [-0.3, -0.25) is 15.4 Å². The lowest BCUT2D eigenvalue weighted by atomic mass is 9.95. The quantitative estimate of drug-likeness (QED) is 0.313. The number of hydrogen-bond acceptors (Lipinski definition) is 10. The van der Waals surface area contributed by atoms with Gasteiger partial charge in [-0.15, -0.1) is 0 Å². The maximum absolute atomic E-state index is 6.23. The fraction of sp³-hybridized carbons (Fsp3) is 1.00. The van der Waals surface area contributed by atoms with Crippen LogP contribution in [0.15, 0.2) is 0 Å². The average Bonchev–Trinajstić information content (AvgIpc) is 2.49. The first-order valence-electron chi connectivity index (χ1n) is 7.07. The molecule has 0 rings (SSSR count). The number of ether oxygens (including phenoxy) is 1. The van der Waals surface area contributed by atoms with E-state index >= 15 is 0 Å². The molecule has 0 aliphatic heterocycles. The van der Waals surface area contributed by atoms with Gasteiger partial charge in [0.15, 0.2) is 0 Å². The summed E-state index contributed by atoms with van der Waals surface area (Å²) < 4.78 is 6.23. The van der Waals surface area contributed by atoms with Gasteiger partial charge >= 0.3 is 0 Å². The number of thioether (sulfide) groups is 3. The van der Waals surface area contributed by atoms with Crippen molar-refractivity contribution in [2.24, 2.45) is 26.2 Å². The molecule has 23 heavy (non-hydrogen) atoms. The maximum Gasteiger partial charge on any atom is 0.0547 e. The molecule has 0 aromatic heterocycles. The lowest BCUT2D eigenvalue weighted by Crippen LogP contribution is -2.41. The summed E-state index contributed by atoms with van der Waals surface area (Å²) in [5.74, 6) is 5.77. The van der Waals surface area contributed by atoms with Crippen molar-refractivity contribution in [2.75, 3.05) is 66.5 Å². The van der Waals surface area contributed by atoms with Crippen molar-refractivity contribution >= 4 is 71.1 Å². The van der Waals surface area contributed by atoms with Crippen molar-refractivity contribution in [3.63, 3.8) is 0 Å². The minimum atomic E-state index is -0.0674. The summed E-state index contributed by atoms with van der Waals surface area (Å²) in [5.41, 5.74) is 0.146. The van der Waals surface area contributed by atoms with E-state index in [9.17, 15) is 0 Å². The normalized spacial score (nSPS) is 12.8. The zero-order chi connectivity index (χ0) is 17.6. The monoisotopic (exact) mass is 437 g/mol. The first-order chi connectivity index (χ1) is 11.1. The molecular weight excluding hydrogens is 407 g/mol. The van der Waals surface area contributed by atoms with Gasteiger partial charge in [0.25, 0.3) is 0 Å². The van der Waals surface area contributed by atoms with E-state index in [1.54, 1.807) is 0 Å². The van der Waals surface area contributed by atoms with Crippen LogP contribution in [0.1, 0.15) is 0 Å². The van der Waals surface area contributed by atoms with Crippen LogP contribution in [-0.2, 0) is 4.74 Å². The highest BCUT2D eigenvalue weighted by atomic mass is 32.2. The van der Waals surface area contributed by atoms with E-state index in [4.69, 9.17) is 20.2 Å². The number of rotatable bonds is 16. The topological polar surface area (TPSA) is 87.3 Å². The first-order valence-corrected chi connectivity index (χ1v) is 14.4. The minimum Gasteiger partial charge on any atom is -0.380 e. The molecular formula is C13H31N3OS6. The molecule has 0 heterocycles. The summed E-state index contributed by atoms with van der Waals surface area (Å²) in [6.45, 7) is 1.43. The van der Waals surface area contributed by atoms with Crippen molar-refractivity contribution < 1.29 is 4.74 Å². The van der Waals surface area contributed by atoms with Gasteiger partial charge < -0.3 is 4.74 Å². The molecule has 0 bridgehead atoms. The SMILES string of the molecule is CSCC(COCC(CSN)(CSN)CSN)(CSC)CSC. The van der Waals surface area contributed by atoms with Gasteiger partial charge in [0.1, 0.15) is 0 Å². The van der Waals surface area contributed by atoms with Crippen LogP contribution in [0.25, 0.3) is 0 Å². The Morgan fingerprint density at radius 2 is 0.913 bits per heavy atom. The lowest BCUT2D eigenvalue weighted by Gasteiger charge is -2.35. The number of nitrogens with two attached hydrogens (primary N) is 3. The van der Waals surface area contributed by atoms with Gasteiger partial charge in [0.05, 0.1) is 13.2 Å². The summed E-state index contributed by atoms with van der Waals surface area (Å²) >= 11 is 9.74. The van der Waals surface area contributed by atoms with Crippen LogP contribution in [0.5, 0.6) is 0 Å². The molecule has 0 unspecified atom stereocenters. The zero-order valence-electron chi connectivity index (χ0n) is 14.2. The van der Waals surface area contributed by atoms with E-state index < -0.39 is 0 Å². The second-order valence-electron chi connectivity index (χ2n) is 5.72. The highest BCUT2D eigenvalue weighted by Gasteiger charge is 2.34. The molecule has 10 heteroatoms. The molecule has 6 N–H and O–H groups in total. The number of hydrogen-bond donors (Lipinski definition) is 3. The van der Waals surface area contributed by atoms with Crippen LogP contribution in [0.2, 0.25) is 0 Å². The molecule has 0 aromatic carbocycles. The van der Waals surface area contributed by atoms with E-state index in [1.165, 1.54) is 35.8 Å². The standard InChI is InChI=1S/C13H31N3OS6/c1-18-6-12(7-19-2,8-20-3)4-17-5-13(9-21-14,10-22-15)11-23-16/h4-11,14-16H2,1-3H3. The van der Waals surface area contributed by atoms with Gasteiger partial charge in [-0.2, -0.15) is 35.3 Å². The molecule has 0 spiro atoms. The maximum atomic E-state index is 6.23. The molecule has 0 saturated carbocycles. The highest BCUT2D eigenvalue weighted by Crippen LogP contribution is 2.33. The van der Waals surface area contributed by atoms with Crippen molar-refractivity contribution in [1.82, 2.24) is 0 Å². The highest BCUT2D eigenvalue weighted by molar-refractivity contribution is 8.00. The Bertz CT molecular complexity index is 228. The summed E-state index contributed by atoms with van der Waals surface area (Å²) in [5, 5.41) is 17.2. The van der Waals surface area contributed by atoms with Crippen molar-refractivity contribution in [1.29, 1.82) is 0 Å². The second kappa shape index (κ2) is 15.0. The fourth-order valence-corrected chi connectivity index (χ4v) is 7.83. The van der Waals surface area contributed by atoms with Crippen LogP contribution < -0.4 is 15.4 Å². The van der Waals surface area contributed by atoms with E-state index in [0.717, 1.165) is 41.1 Å². The molecule has 0 fully saturated rings. The van der Waals surface area contributed by atoms with Gasteiger partial charge in [-0.25, -0.2) is 0 Å². The third-order valence-corrected chi connectivity index (χ3v) is 8.38. The van der Waals surface area contributed by atoms with Crippen LogP contribution in [0.3, 0.4) is 0 Å². The molecule has 0 atom stereocenters. The van der Waals surface area contributed by atoms with Crippen molar-refractivity contribution in [3.05, 3.63) is 0 Å². The Morgan fingerprint density at radius 3 is 1.17 bits per heavy atom. The second-order valence-corrected chi connectivity index (χ2v) is 10.2. The summed E-state index contributed by atoms with van der Waals surface area (Å²) in [6, 6.07) is 0. The molecule has 0 amide bonds. The third kappa shape index (κ3) is 10.0. The largest absolute Gasteiger partial charge is 0.380 e. The Balaban J connectivity index is 4.82. The summed E-state index contributed by atoms with van der Waals surface area (Å²) in [7, 11) is 0. The molecule has 0 aliphatic carbocycles. The van der Waals surface area contributed by atoms with Crippen LogP contribution in [0, 0.1) is 10.8 Å². The summed E-state index contributed by atoms with van der Waals surface area (Å²) in [4.78, 5) is 0. The lowest BCUT2D eigenvalue weighted by molar-refractivity contribution is 0.0367. The predicted octanol–water partition coefficient (Wildman–Crippen LogP) is 2.89. The average molecular weight is 438 g/mol. The molecule has 0 saturated heterocycles. The Morgan fingerprint density at radius 1 is 0.609 bits per heavy atom. The van der Waals surface area contributed by atoms with E-state index in [0.29, 0.717) is 6.61 Å². The van der Waals surface area contributed by atoms with Gasteiger partial charge in [0.2, 0.25) is 0 Å². The van der Waals surface area contributed by atoms with E-state index in [1.807, 2.05) is 35.3 Å². The molecule has 4 nitrogen and oxygen atoms in total. The predicted molar refractivity (Wildman–Crippen MR) is 121 cm³/mol. The Labute approximate surface area is 167 Å². The Hall–Kier alpha value is 1.94. The van der Waals surface area contributed by atoms with E-state index in [-0.39, 0.29) is 10.8 Å². The van der Waals surface area contributed by atoms with Crippen LogP contribution in [0.4, 0.5) is 0 Å². The molecule has 0 aliphatic rings. The first kappa shape index (κ1) is 24.9. The van der Waals surface area contributed by atoms with E-state index in [2.05, 4.69) is 18.8 Å². The molecule has 140 valence electrons. The summed E-state index contributed by atoms with van der Waals surface area (Å²) in [6.07, 6.45) is 6.50. The van der Waals surface area contributed by atoms with Crippen molar-refractivity contribution in [2.45, 2.75) is 0 Å². The minimum absolute atomic E-state index is 0.0674. The van der Waals surface area contributed by atoms with Crippen molar-refractivity contribution in [3.8, 4) is 0 Å². The third-order valence-electron chi connectivity index (χ3n) is 3.34. The Kier molecular flexibility index (Phi) is 16.3. The molecule has 0 aromatic rings. The smallest absolute Gasteiger partial charge is 0.0547 e. The fourth-order valence-electron chi connectivity index (χ4n) is 2.43. The van der Waals surface area contributed by atoms with Gasteiger partial charge in [-0.1, -0.05) is 35.8 Å².